The predicted octanol–water partition coefficient (Wildman–Crippen LogP) is 1.59. The van der Waals surface area contributed by atoms with Gasteiger partial charge in [-0.25, -0.2) is 0 Å². The van der Waals surface area contributed by atoms with Crippen molar-refractivity contribution in [2.75, 3.05) is 6.54 Å². The lowest BCUT2D eigenvalue weighted by atomic mass is 10.2. The highest BCUT2D eigenvalue weighted by Crippen LogP contribution is 2.16. The third kappa shape index (κ3) is 2.13. The topological polar surface area (TPSA) is 43.1 Å². The SMILES string of the molecule is Cc1ccc(C(=O)CCN)s1. The Hall–Kier alpha value is -0.670. The molecule has 1 aromatic rings. The van der Waals surface area contributed by atoms with Gasteiger partial charge in [0.25, 0.3) is 0 Å². The molecule has 0 radical (unpaired) electrons. The molecular formula is C8H11NOS. The number of hydrogen-bond acceptors (Lipinski definition) is 3. The van der Waals surface area contributed by atoms with Crippen LogP contribution in [0.25, 0.3) is 0 Å². The average Bonchev–Trinajstić information content (AvgIpc) is 2.36. The summed E-state index contributed by atoms with van der Waals surface area (Å²) in [6.45, 7) is 2.43. The molecule has 0 atom stereocenters. The first-order valence-electron chi connectivity index (χ1n) is 3.53. The lowest BCUT2D eigenvalue weighted by molar-refractivity contribution is 0.0989. The molecule has 11 heavy (non-hydrogen) atoms. The van der Waals surface area contributed by atoms with Crippen LogP contribution in [0.2, 0.25) is 0 Å². The second-order valence-electron chi connectivity index (χ2n) is 2.37. The summed E-state index contributed by atoms with van der Waals surface area (Å²) in [5.41, 5.74) is 5.26. The minimum Gasteiger partial charge on any atom is -0.330 e. The van der Waals surface area contributed by atoms with Gasteiger partial charge < -0.3 is 5.73 Å². The molecule has 3 heteroatoms. The van der Waals surface area contributed by atoms with E-state index in [1.807, 2.05) is 19.1 Å². The molecule has 0 aliphatic heterocycles. The number of carbonyl (C=O) groups is 1. The molecule has 2 N–H and O–H groups in total. The summed E-state index contributed by atoms with van der Waals surface area (Å²) < 4.78 is 0. The summed E-state index contributed by atoms with van der Waals surface area (Å²) in [5.74, 6) is 0.158. The Kier molecular flexibility index (Phi) is 2.79. The molecule has 0 bridgehead atoms. The molecule has 1 heterocycles. The summed E-state index contributed by atoms with van der Waals surface area (Å²) >= 11 is 1.53. The normalized spacial score (nSPS) is 10.0. The smallest absolute Gasteiger partial charge is 0.174 e. The molecule has 0 saturated carbocycles. The van der Waals surface area contributed by atoms with Gasteiger partial charge in [0.15, 0.2) is 5.78 Å². The van der Waals surface area contributed by atoms with Crippen LogP contribution >= 0.6 is 11.3 Å². The number of aryl methyl sites for hydroxylation is 1. The summed E-state index contributed by atoms with van der Waals surface area (Å²) in [6.07, 6.45) is 0.458. The quantitative estimate of drug-likeness (QED) is 0.698. The second-order valence-corrected chi connectivity index (χ2v) is 3.66. The van der Waals surface area contributed by atoms with E-state index in [1.54, 1.807) is 0 Å². The van der Waals surface area contributed by atoms with E-state index >= 15 is 0 Å². The number of thiophene rings is 1. The molecule has 0 aliphatic rings. The van der Waals surface area contributed by atoms with Gasteiger partial charge in [0.1, 0.15) is 0 Å². The van der Waals surface area contributed by atoms with Crippen molar-refractivity contribution < 1.29 is 4.79 Å². The number of rotatable bonds is 3. The van der Waals surface area contributed by atoms with Gasteiger partial charge in [-0.3, -0.25) is 4.79 Å². The molecule has 0 aromatic carbocycles. The van der Waals surface area contributed by atoms with Crippen molar-refractivity contribution in [3.63, 3.8) is 0 Å². The Balaban J connectivity index is 2.69. The van der Waals surface area contributed by atoms with Gasteiger partial charge in [-0.05, 0) is 25.6 Å². The summed E-state index contributed by atoms with van der Waals surface area (Å²) in [7, 11) is 0. The lowest BCUT2D eigenvalue weighted by Crippen LogP contribution is -2.06. The Morgan fingerprint density at radius 3 is 2.82 bits per heavy atom. The minimum absolute atomic E-state index is 0.158. The first kappa shape index (κ1) is 8.43. The molecule has 0 unspecified atom stereocenters. The lowest BCUT2D eigenvalue weighted by Gasteiger charge is -1.91. The molecule has 1 aromatic heterocycles. The van der Waals surface area contributed by atoms with Gasteiger partial charge in [-0.15, -0.1) is 11.3 Å². The molecule has 0 fully saturated rings. The van der Waals surface area contributed by atoms with E-state index in [-0.39, 0.29) is 5.78 Å². The first-order chi connectivity index (χ1) is 5.24. The van der Waals surface area contributed by atoms with Gasteiger partial charge in [0, 0.05) is 11.3 Å². The van der Waals surface area contributed by atoms with E-state index in [0.717, 1.165) is 4.88 Å². The standard InChI is InChI=1S/C8H11NOS/c1-6-2-3-8(11-6)7(10)4-5-9/h2-3H,4-5,9H2,1H3. The van der Waals surface area contributed by atoms with Gasteiger partial charge in [-0.1, -0.05) is 0 Å². The van der Waals surface area contributed by atoms with Crippen molar-refractivity contribution in [1.29, 1.82) is 0 Å². The van der Waals surface area contributed by atoms with Crippen LogP contribution in [-0.2, 0) is 0 Å². The number of carbonyl (C=O) groups excluding carboxylic acids is 1. The van der Waals surface area contributed by atoms with E-state index in [1.165, 1.54) is 16.2 Å². The van der Waals surface area contributed by atoms with Crippen LogP contribution in [0.4, 0.5) is 0 Å². The predicted molar refractivity (Wildman–Crippen MR) is 47.1 cm³/mol. The first-order valence-corrected chi connectivity index (χ1v) is 4.35. The van der Waals surface area contributed by atoms with Gasteiger partial charge in [0.2, 0.25) is 0 Å². The summed E-state index contributed by atoms with van der Waals surface area (Å²) in [4.78, 5) is 13.2. The maximum atomic E-state index is 11.2. The van der Waals surface area contributed by atoms with Crippen molar-refractivity contribution >= 4 is 17.1 Å². The monoisotopic (exact) mass is 169 g/mol. The number of nitrogens with two attached hydrogens (primary N) is 1. The Bertz CT molecular complexity index is 254. The zero-order chi connectivity index (χ0) is 8.27. The fourth-order valence-electron chi connectivity index (χ4n) is 0.839. The average molecular weight is 169 g/mol. The van der Waals surface area contributed by atoms with Gasteiger partial charge in [0.05, 0.1) is 4.88 Å². The molecule has 0 spiro atoms. The van der Waals surface area contributed by atoms with E-state index in [2.05, 4.69) is 0 Å². The molecule has 0 saturated heterocycles. The van der Waals surface area contributed by atoms with Crippen LogP contribution in [0.1, 0.15) is 21.0 Å². The van der Waals surface area contributed by atoms with Crippen LogP contribution in [-0.4, -0.2) is 12.3 Å². The van der Waals surface area contributed by atoms with Gasteiger partial charge >= 0.3 is 0 Å². The molecule has 0 aliphatic carbocycles. The van der Waals surface area contributed by atoms with E-state index in [4.69, 9.17) is 5.73 Å². The molecule has 2 nitrogen and oxygen atoms in total. The second kappa shape index (κ2) is 3.64. The minimum atomic E-state index is 0.158. The third-order valence-electron chi connectivity index (χ3n) is 1.39. The van der Waals surface area contributed by atoms with Crippen molar-refractivity contribution in [1.82, 2.24) is 0 Å². The van der Waals surface area contributed by atoms with E-state index in [0.29, 0.717) is 13.0 Å². The van der Waals surface area contributed by atoms with Crippen molar-refractivity contribution in [3.8, 4) is 0 Å². The zero-order valence-electron chi connectivity index (χ0n) is 6.46. The maximum absolute atomic E-state index is 11.2. The van der Waals surface area contributed by atoms with Crippen LogP contribution in [0.5, 0.6) is 0 Å². The Morgan fingerprint density at radius 1 is 1.64 bits per heavy atom. The largest absolute Gasteiger partial charge is 0.330 e. The summed E-state index contributed by atoms with van der Waals surface area (Å²) in [5, 5.41) is 0. The van der Waals surface area contributed by atoms with Gasteiger partial charge in [-0.2, -0.15) is 0 Å². The molecule has 1 rings (SSSR count). The number of hydrogen-bond donors (Lipinski definition) is 1. The fraction of sp³-hybridized carbons (Fsp3) is 0.375. The Labute approximate surface area is 70.0 Å². The highest BCUT2D eigenvalue weighted by atomic mass is 32.1. The van der Waals surface area contributed by atoms with Crippen molar-refractivity contribution in [2.24, 2.45) is 5.73 Å². The highest BCUT2D eigenvalue weighted by molar-refractivity contribution is 7.14. The van der Waals surface area contributed by atoms with Crippen LogP contribution in [0.3, 0.4) is 0 Å². The number of ketones is 1. The Morgan fingerprint density at radius 2 is 2.36 bits per heavy atom. The van der Waals surface area contributed by atoms with Crippen molar-refractivity contribution in [2.45, 2.75) is 13.3 Å². The van der Waals surface area contributed by atoms with Crippen LogP contribution in [0.15, 0.2) is 12.1 Å². The molecule has 60 valence electrons. The van der Waals surface area contributed by atoms with E-state index < -0.39 is 0 Å². The maximum Gasteiger partial charge on any atom is 0.174 e. The fourth-order valence-corrected chi connectivity index (χ4v) is 1.67. The third-order valence-corrected chi connectivity index (χ3v) is 2.43. The van der Waals surface area contributed by atoms with Crippen LogP contribution < -0.4 is 5.73 Å². The summed E-state index contributed by atoms with van der Waals surface area (Å²) in [6, 6.07) is 3.81. The molecule has 0 amide bonds. The number of Topliss-reactive ketones (excluding diaryl/α,β-unsaturated/α-hetero) is 1. The molecular weight excluding hydrogens is 158 g/mol. The van der Waals surface area contributed by atoms with E-state index in [9.17, 15) is 4.79 Å². The van der Waals surface area contributed by atoms with Crippen molar-refractivity contribution in [3.05, 3.63) is 21.9 Å². The van der Waals surface area contributed by atoms with Crippen LogP contribution in [0, 0.1) is 6.92 Å². The highest BCUT2D eigenvalue weighted by Gasteiger charge is 2.05. The zero-order valence-corrected chi connectivity index (χ0v) is 7.28.